The highest BCUT2D eigenvalue weighted by atomic mass is 19.1. The molecule has 8 nitrogen and oxygen atoms in total. The molecule has 184 valence electrons. The number of hydrogen-bond donors (Lipinski definition) is 2. The number of benzene rings is 2. The number of carbonyl (C=O) groups excluding carboxylic acids is 1. The van der Waals surface area contributed by atoms with E-state index in [1.54, 1.807) is 6.92 Å². The summed E-state index contributed by atoms with van der Waals surface area (Å²) in [5.41, 5.74) is -0.134. The third kappa shape index (κ3) is 4.17. The van der Waals surface area contributed by atoms with Gasteiger partial charge in [0.2, 0.25) is 11.9 Å². The number of aromatic nitrogens is 3. The number of aliphatic hydroxyl groups excluding tert-OH is 1. The first kappa shape index (κ1) is 23.5. The lowest BCUT2D eigenvalue weighted by Gasteiger charge is -2.35. The van der Waals surface area contributed by atoms with Crippen molar-refractivity contribution in [1.29, 1.82) is 0 Å². The molecule has 2 N–H and O–H groups in total. The zero-order valence-corrected chi connectivity index (χ0v) is 19.0. The number of β-amino-alcohol motifs (C(OH)–C–C–N with tert-alkyl or cyclic N) is 1. The Hall–Kier alpha value is -4.25. The lowest BCUT2D eigenvalue weighted by atomic mass is 10.0. The Kier molecular flexibility index (Phi) is 5.92. The molecule has 0 atom stereocenters. The van der Waals surface area contributed by atoms with Gasteiger partial charge in [0, 0.05) is 30.1 Å². The summed E-state index contributed by atoms with van der Waals surface area (Å²) in [4.78, 5) is 35.5. The Labute approximate surface area is 202 Å². The normalized spacial score (nSPS) is 13.6. The Balaban J connectivity index is 1.71. The number of likely N-dealkylation sites (tertiary alicyclic amines) is 1. The van der Waals surface area contributed by atoms with Crippen molar-refractivity contribution in [2.75, 3.05) is 25.0 Å². The number of nitrogens with zero attached hydrogens (tertiary/aromatic N) is 4. The Morgan fingerprint density at radius 3 is 2.47 bits per heavy atom. The molecule has 11 heteroatoms. The number of hydrogen-bond acceptors (Lipinski definition) is 6. The fourth-order valence-corrected chi connectivity index (χ4v) is 4.14. The van der Waals surface area contributed by atoms with Crippen molar-refractivity contribution in [3.8, 4) is 16.9 Å². The van der Waals surface area contributed by atoms with E-state index < -0.39 is 34.8 Å². The standard InChI is InChI=1S/C25H20F3N5O3/c1-13-9-14(26)5-6-16(13)22-17-7-8-20(35)33(23-18(27)3-2-4-19(23)28)24(17)31-25(30-22)29-10-21(36)32-11-15(34)12-32/h2-9,15,34H,10-12H2,1H3,(H,29,30,31). The maximum Gasteiger partial charge on any atom is 0.256 e. The summed E-state index contributed by atoms with van der Waals surface area (Å²) < 4.78 is 44.1. The van der Waals surface area contributed by atoms with Gasteiger partial charge in [-0.1, -0.05) is 6.07 Å². The first-order chi connectivity index (χ1) is 17.2. The van der Waals surface area contributed by atoms with Crippen molar-refractivity contribution in [2.45, 2.75) is 13.0 Å². The number of fused-ring (bicyclic) bond motifs is 1. The monoisotopic (exact) mass is 495 g/mol. The van der Waals surface area contributed by atoms with Crippen molar-refractivity contribution >= 4 is 22.9 Å². The van der Waals surface area contributed by atoms with Gasteiger partial charge in [0.1, 0.15) is 23.1 Å². The smallest absolute Gasteiger partial charge is 0.256 e. The minimum atomic E-state index is -0.969. The van der Waals surface area contributed by atoms with Crippen LogP contribution in [0.15, 0.2) is 53.3 Å². The van der Waals surface area contributed by atoms with Gasteiger partial charge in [-0.05, 0) is 48.9 Å². The molecule has 0 radical (unpaired) electrons. The van der Waals surface area contributed by atoms with E-state index in [0.717, 1.165) is 22.8 Å². The predicted molar refractivity (Wildman–Crippen MR) is 126 cm³/mol. The van der Waals surface area contributed by atoms with E-state index in [1.807, 2.05) is 0 Å². The molecule has 1 aliphatic heterocycles. The Bertz CT molecular complexity index is 1550. The summed E-state index contributed by atoms with van der Waals surface area (Å²) in [7, 11) is 0. The van der Waals surface area contributed by atoms with Crippen molar-refractivity contribution in [1.82, 2.24) is 19.4 Å². The van der Waals surface area contributed by atoms with Crippen LogP contribution >= 0.6 is 0 Å². The topological polar surface area (TPSA) is 100 Å². The molecule has 4 aromatic rings. The first-order valence-corrected chi connectivity index (χ1v) is 11.1. The third-order valence-electron chi connectivity index (χ3n) is 5.97. The van der Waals surface area contributed by atoms with Crippen molar-refractivity contribution < 1.29 is 23.1 Å². The number of anilines is 1. The molecule has 5 rings (SSSR count). The van der Waals surface area contributed by atoms with Crippen LogP contribution in [0.5, 0.6) is 0 Å². The van der Waals surface area contributed by atoms with Crippen LogP contribution in [-0.2, 0) is 4.79 Å². The third-order valence-corrected chi connectivity index (χ3v) is 5.97. The number of pyridine rings is 1. The maximum atomic E-state index is 14.7. The molecule has 1 aliphatic rings. The molecular weight excluding hydrogens is 475 g/mol. The number of rotatable bonds is 5. The summed E-state index contributed by atoms with van der Waals surface area (Å²) >= 11 is 0. The second-order valence-corrected chi connectivity index (χ2v) is 8.48. The molecule has 0 aliphatic carbocycles. The zero-order chi connectivity index (χ0) is 25.6. The second-order valence-electron chi connectivity index (χ2n) is 8.48. The molecule has 1 fully saturated rings. The average Bonchev–Trinajstić information content (AvgIpc) is 2.81. The number of carbonyl (C=O) groups is 1. The molecule has 1 amide bonds. The molecule has 0 bridgehead atoms. The van der Waals surface area contributed by atoms with Crippen LogP contribution in [0.1, 0.15) is 5.56 Å². The summed E-state index contributed by atoms with van der Waals surface area (Å²) in [5.74, 6) is -2.78. The number of aryl methyl sites for hydroxylation is 1. The minimum absolute atomic E-state index is 0.0771. The van der Waals surface area contributed by atoms with Crippen molar-refractivity contribution in [3.05, 3.63) is 81.9 Å². The SMILES string of the molecule is Cc1cc(F)ccc1-c1nc(NCC(=O)N2CC(O)C2)nc2c1ccc(=O)n2-c1c(F)cccc1F. The van der Waals surface area contributed by atoms with Gasteiger partial charge in [-0.15, -0.1) is 0 Å². The van der Waals surface area contributed by atoms with E-state index in [0.29, 0.717) is 11.1 Å². The van der Waals surface area contributed by atoms with Crippen molar-refractivity contribution in [2.24, 2.45) is 0 Å². The van der Waals surface area contributed by atoms with Crippen LogP contribution in [0.25, 0.3) is 28.0 Å². The summed E-state index contributed by atoms with van der Waals surface area (Å²) in [6.45, 7) is 1.88. The van der Waals surface area contributed by atoms with Gasteiger partial charge < -0.3 is 15.3 Å². The summed E-state index contributed by atoms with van der Waals surface area (Å²) in [6.07, 6.45) is -0.566. The molecule has 2 aromatic carbocycles. The maximum absolute atomic E-state index is 14.7. The fraction of sp³-hybridized carbons (Fsp3) is 0.200. The van der Waals surface area contributed by atoms with E-state index >= 15 is 0 Å². The second kappa shape index (κ2) is 9.08. The summed E-state index contributed by atoms with van der Waals surface area (Å²) in [5, 5.41) is 12.5. The van der Waals surface area contributed by atoms with Crippen LogP contribution in [0.3, 0.4) is 0 Å². The highest BCUT2D eigenvalue weighted by Gasteiger charge is 2.28. The first-order valence-electron chi connectivity index (χ1n) is 11.1. The van der Waals surface area contributed by atoms with E-state index in [-0.39, 0.29) is 48.2 Å². The molecular formula is C25H20F3N5O3. The predicted octanol–water partition coefficient (Wildman–Crippen LogP) is 2.79. The number of aliphatic hydroxyl groups is 1. The van der Waals surface area contributed by atoms with Crippen LogP contribution in [0.2, 0.25) is 0 Å². The molecule has 0 saturated carbocycles. The average molecular weight is 495 g/mol. The van der Waals surface area contributed by atoms with E-state index in [9.17, 15) is 27.9 Å². The Morgan fingerprint density at radius 1 is 1.08 bits per heavy atom. The minimum Gasteiger partial charge on any atom is -0.389 e. The molecule has 2 aromatic heterocycles. The van der Waals surface area contributed by atoms with Crippen LogP contribution in [0.4, 0.5) is 19.1 Å². The van der Waals surface area contributed by atoms with E-state index in [4.69, 9.17) is 0 Å². The quantitative estimate of drug-likeness (QED) is 0.442. The van der Waals surface area contributed by atoms with E-state index in [1.165, 1.54) is 35.2 Å². The van der Waals surface area contributed by atoms with Gasteiger partial charge in [-0.2, -0.15) is 4.98 Å². The van der Waals surface area contributed by atoms with Crippen LogP contribution in [-0.4, -0.2) is 56.2 Å². The number of halogens is 3. The number of para-hydroxylation sites is 1. The molecule has 0 unspecified atom stereocenters. The van der Waals surface area contributed by atoms with Crippen LogP contribution in [0, 0.1) is 24.4 Å². The molecule has 1 saturated heterocycles. The summed E-state index contributed by atoms with van der Waals surface area (Å²) in [6, 6.07) is 9.85. The molecule has 0 spiro atoms. The number of amides is 1. The van der Waals surface area contributed by atoms with E-state index in [2.05, 4.69) is 15.3 Å². The van der Waals surface area contributed by atoms with Gasteiger partial charge >= 0.3 is 0 Å². The van der Waals surface area contributed by atoms with Crippen molar-refractivity contribution in [3.63, 3.8) is 0 Å². The molecule has 3 heterocycles. The highest BCUT2D eigenvalue weighted by molar-refractivity contribution is 5.93. The van der Waals surface area contributed by atoms with Gasteiger partial charge in [-0.3, -0.25) is 14.2 Å². The van der Waals surface area contributed by atoms with Gasteiger partial charge in [0.15, 0.2) is 5.65 Å². The molecule has 36 heavy (non-hydrogen) atoms. The number of nitrogens with one attached hydrogen (secondary N) is 1. The van der Waals surface area contributed by atoms with Crippen LogP contribution < -0.4 is 10.9 Å². The largest absolute Gasteiger partial charge is 0.389 e. The fourth-order valence-electron chi connectivity index (χ4n) is 4.14. The Morgan fingerprint density at radius 2 is 1.81 bits per heavy atom. The van der Waals surface area contributed by atoms with Gasteiger partial charge in [0.25, 0.3) is 5.56 Å². The van der Waals surface area contributed by atoms with Gasteiger partial charge in [-0.25, -0.2) is 18.2 Å². The lowest BCUT2D eigenvalue weighted by molar-refractivity contribution is -0.139. The van der Waals surface area contributed by atoms with Gasteiger partial charge in [0.05, 0.1) is 18.3 Å². The lowest BCUT2D eigenvalue weighted by Crippen LogP contribution is -2.55. The highest BCUT2D eigenvalue weighted by Crippen LogP contribution is 2.31. The zero-order valence-electron chi connectivity index (χ0n) is 19.0.